The van der Waals surface area contributed by atoms with Crippen molar-refractivity contribution in [2.45, 2.75) is 12.5 Å². The van der Waals surface area contributed by atoms with Gasteiger partial charge in [0.25, 0.3) is 0 Å². The van der Waals surface area contributed by atoms with E-state index in [1.54, 1.807) is 12.1 Å². The molecular formula is C11H12BrFN2O. The van der Waals surface area contributed by atoms with Crippen molar-refractivity contribution in [2.75, 3.05) is 13.2 Å². The highest BCUT2D eigenvalue weighted by Gasteiger charge is 2.32. The zero-order valence-electron chi connectivity index (χ0n) is 8.84. The number of nitrogens with zero attached hydrogens (tertiary/aromatic N) is 1. The number of aliphatic imine (C=N–C) groups is 1. The van der Waals surface area contributed by atoms with Crippen molar-refractivity contribution in [1.29, 1.82) is 0 Å². The van der Waals surface area contributed by atoms with Crippen LogP contribution in [0.4, 0.5) is 4.39 Å². The molecule has 1 heterocycles. The summed E-state index contributed by atoms with van der Waals surface area (Å²) in [6, 6.07) is 4.77. The topological polar surface area (TPSA) is 47.6 Å². The third-order valence-corrected chi connectivity index (χ3v) is 3.03. The lowest BCUT2D eigenvalue weighted by Gasteiger charge is -2.30. The van der Waals surface area contributed by atoms with Gasteiger partial charge in [-0.1, -0.05) is 15.9 Å². The molecule has 0 saturated carbocycles. The molecule has 1 aliphatic rings. The number of rotatable bonds is 1. The zero-order chi connectivity index (χ0) is 11.8. The zero-order valence-corrected chi connectivity index (χ0v) is 10.4. The van der Waals surface area contributed by atoms with Crippen molar-refractivity contribution in [3.8, 4) is 0 Å². The van der Waals surface area contributed by atoms with E-state index in [0.29, 0.717) is 24.6 Å². The van der Waals surface area contributed by atoms with Crippen LogP contribution in [0.1, 0.15) is 12.5 Å². The second kappa shape index (κ2) is 4.14. The highest BCUT2D eigenvalue weighted by molar-refractivity contribution is 9.10. The summed E-state index contributed by atoms with van der Waals surface area (Å²) >= 11 is 3.31. The maximum Gasteiger partial charge on any atom is 0.129 e. The number of nitrogens with two attached hydrogens (primary N) is 1. The first-order valence-electron chi connectivity index (χ1n) is 4.89. The van der Waals surface area contributed by atoms with E-state index >= 15 is 0 Å². The molecule has 1 aromatic rings. The van der Waals surface area contributed by atoms with Crippen LogP contribution in [0, 0.1) is 5.82 Å². The van der Waals surface area contributed by atoms with Crippen LogP contribution in [0.5, 0.6) is 0 Å². The Balaban J connectivity index is 2.50. The first kappa shape index (κ1) is 11.5. The highest BCUT2D eigenvalue weighted by atomic mass is 79.9. The molecule has 5 heteroatoms. The van der Waals surface area contributed by atoms with E-state index in [2.05, 4.69) is 20.9 Å². The number of hydrogen-bond acceptors (Lipinski definition) is 3. The van der Waals surface area contributed by atoms with Crippen molar-refractivity contribution >= 4 is 21.8 Å². The summed E-state index contributed by atoms with van der Waals surface area (Å²) in [7, 11) is 0. The van der Waals surface area contributed by atoms with Gasteiger partial charge in [-0.3, -0.25) is 4.99 Å². The van der Waals surface area contributed by atoms with Crippen LogP contribution in [0.15, 0.2) is 27.7 Å². The van der Waals surface area contributed by atoms with E-state index in [-0.39, 0.29) is 5.82 Å². The van der Waals surface area contributed by atoms with Crippen molar-refractivity contribution in [3.05, 3.63) is 34.1 Å². The summed E-state index contributed by atoms with van der Waals surface area (Å²) in [5.41, 5.74) is 5.38. The predicted molar refractivity (Wildman–Crippen MR) is 63.9 cm³/mol. The number of amidine groups is 1. The summed E-state index contributed by atoms with van der Waals surface area (Å²) in [5, 5.41) is 0. The average molecular weight is 287 g/mol. The maximum atomic E-state index is 13.7. The summed E-state index contributed by atoms with van der Waals surface area (Å²) in [5.74, 6) is 0.0980. The third-order valence-electron chi connectivity index (χ3n) is 2.53. The molecule has 3 nitrogen and oxygen atoms in total. The lowest BCUT2D eigenvalue weighted by Crippen LogP contribution is -2.38. The lowest BCUT2D eigenvalue weighted by atomic mass is 9.92. The van der Waals surface area contributed by atoms with Crippen LogP contribution >= 0.6 is 15.9 Å². The Bertz CT molecular complexity index is 450. The SMILES string of the molecule is C[C@]1(c2cc(Br)ccc2F)COCC(N)=N1. The molecular weight excluding hydrogens is 275 g/mol. The molecule has 0 spiro atoms. The summed E-state index contributed by atoms with van der Waals surface area (Å²) < 4.78 is 19.9. The van der Waals surface area contributed by atoms with E-state index in [1.165, 1.54) is 6.07 Å². The minimum absolute atomic E-state index is 0.298. The van der Waals surface area contributed by atoms with Gasteiger partial charge >= 0.3 is 0 Å². The average Bonchev–Trinajstić information content (AvgIpc) is 2.21. The second-order valence-corrected chi connectivity index (χ2v) is 4.91. The monoisotopic (exact) mass is 286 g/mol. The smallest absolute Gasteiger partial charge is 0.129 e. The first-order valence-corrected chi connectivity index (χ1v) is 5.68. The lowest BCUT2D eigenvalue weighted by molar-refractivity contribution is 0.104. The minimum atomic E-state index is -0.740. The Kier molecular flexibility index (Phi) is 2.99. The molecule has 0 saturated heterocycles. The van der Waals surface area contributed by atoms with Gasteiger partial charge in [0.05, 0.1) is 6.61 Å². The maximum absolute atomic E-state index is 13.7. The fourth-order valence-corrected chi connectivity index (χ4v) is 2.15. The van der Waals surface area contributed by atoms with Gasteiger partial charge < -0.3 is 10.5 Å². The molecule has 0 fully saturated rings. The number of benzene rings is 1. The number of ether oxygens (including phenoxy) is 1. The molecule has 86 valence electrons. The molecule has 2 rings (SSSR count). The van der Waals surface area contributed by atoms with Crippen LogP contribution in [-0.2, 0) is 10.3 Å². The van der Waals surface area contributed by atoms with Crippen LogP contribution in [0.3, 0.4) is 0 Å². The molecule has 0 bridgehead atoms. The van der Waals surface area contributed by atoms with Gasteiger partial charge in [-0.15, -0.1) is 0 Å². The Morgan fingerprint density at radius 1 is 1.56 bits per heavy atom. The Hall–Kier alpha value is -0.940. The van der Waals surface area contributed by atoms with Gasteiger partial charge in [-0.2, -0.15) is 0 Å². The normalized spacial score (nSPS) is 25.3. The fourth-order valence-electron chi connectivity index (χ4n) is 1.78. The third kappa shape index (κ3) is 2.10. The molecule has 0 radical (unpaired) electrons. The van der Waals surface area contributed by atoms with E-state index in [1.807, 2.05) is 6.92 Å². The quantitative estimate of drug-likeness (QED) is 0.860. The van der Waals surface area contributed by atoms with E-state index in [4.69, 9.17) is 10.5 Å². The van der Waals surface area contributed by atoms with Gasteiger partial charge in [0.15, 0.2) is 0 Å². The van der Waals surface area contributed by atoms with Crippen molar-refractivity contribution in [1.82, 2.24) is 0 Å². The first-order chi connectivity index (χ1) is 7.51. The molecule has 0 amide bonds. The van der Waals surface area contributed by atoms with Gasteiger partial charge in [0, 0.05) is 10.0 Å². The number of halogens is 2. The van der Waals surface area contributed by atoms with Crippen LogP contribution in [-0.4, -0.2) is 19.0 Å². The molecule has 0 aliphatic carbocycles. The Morgan fingerprint density at radius 3 is 3.00 bits per heavy atom. The Labute approximate surface area is 102 Å². The van der Waals surface area contributed by atoms with Crippen molar-refractivity contribution < 1.29 is 9.13 Å². The number of hydrogen-bond donors (Lipinski definition) is 1. The van der Waals surface area contributed by atoms with E-state index in [9.17, 15) is 4.39 Å². The molecule has 2 N–H and O–H groups in total. The summed E-state index contributed by atoms with van der Waals surface area (Å²) in [6.07, 6.45) is 0. The fraction of sp³-hybridized carbons (Fsp3) is 0.364. The molecule has 0 aromatic heterocycles. The highest BCUT2D eigenvalue weighted by Crippen LogP contribution is 2.31. The van der Waals surface area contributed by atoms with Gasteiger partial charge in [0.2, 0.25) is 0 Å². The Morgan fingerprint density at radius 2 is 2.31 bits per heavy atom. The molecule has 1 atom stereocenters. The molecule has 1 aliphatic heterocycles. The van der Waals surface area contributed by atoms with E-state index < -0.39 is 5.54 Å². The second-order valence-electron chi connectivity index (χ2n) is 3.99. The van der Waals surface area contributed by atoms with Crippen molar-refractivity contribution in [2.24, 2.45) is 10.7 Å². The van der Waals surface area contributed by atoms with Crippen LogP contribution < -0.4 is 5.73 Å². The van der Waals surface area contributed by atoms with Gasteiger partial charge in [0.1, 0.15) is 23.8 Å². The largest absolute Gasteiger partial charge is 0.386 e. The van der Waals surface area contributed by atoms with Gasteiger partial charge in [-0.05, 0) is 25.1 Å². The van der Waals surface area contributed by atoms with Crippen LogP contribution in [0.2, 0.25) is 0 Å². The van der Waals surface area contributed by atoms with Gasteiger partial charge in [-0.25, -0.2) is 4.39 Å². The minimum Gasteiger partial charge on any atom is -0.386 e. The molecule has 16 heavy (non-hydrogen) atoms. The van der Waals surface area contributed by atoms with Crippen molar-refractivity contribution in [3.63, 3.8) is 0 Å². The molecule has 0 unspecified atom stereocenters. The summed E-state index contributed by atoms with van der Waals surface area (Å²) in [4.78, 5) is 4.29. The predicted octanol–water partition coefficient (Wildman–Crippen LogP) is 2.19. The standard InChI is InChI=1S/C11H12BrFN2O/c1-11(6-16-5-10(14)15-11)8-4-7(12)2-3-9(8)13/h2-4H,5-6H2,1H3,(H2,14,15)/t11-/m1/s1. The van der Waals surface area contributed by atoms with E-state index in [0.717, 1.165) is 4.47 Å². The van der Waals surface area contributed by atoms with Crippen LogP contribution in [0.25, 0.3) is 0 Å². The summed E-state index contributed by atoms with van der Waals surface area (Å²) in [6.45, 7) is 2.45. The molecule has 1 aromatic carbocycles.